The molecule has 17 aromatic rings. The largest absolute Gasteiger partial charge is 0.308 e. The average Bonchev–Trinajstić information content (AvgIpc) is 1.52. The van der Waals surface area contributed by atoms with Crippen LogP contribution in [0.2, 0.25) is 0 Å². The van der Waals surface area contributed by atoms with Crippen LogP contribution in [-0.2, 0) is 0 Å². The zero-order valence-corrected chi connectivity index (χ0v) is 45.8. The molecule has 0 aliphatic heterocycles. The smallest absolute Gasteiger partial charge is 0.166 e. The molecule has 5 heterocycles. The number of hydrogen-bond donors (Lipinski definition) is 0. The van der Waals surface area contributed by atoms with Crippen LogP contribution in [0.4, 0.5) is 0 Å². The van der Waals surface area contributed by atoms with Gasteiger partial charge in [-0.3, -0.25) is 0 Å². The van der Waals surface area contributed by atoms with Gasteiger partial charge >= 0.3 is 0 Å². The van der Waals surface area contributed by atoms with Crippen molar-refractivity contribution >= 4 is 107 Å². The maximum atomic E-state index is 12.3. The second-order valence-electron chi connectivity index (χ2n) is 20.6. The fourth-order valence-electron chi connectivity index (χ4n) is 12.4. The van der Waals surface area contributed by atoms with Crippen molar-refractivity contribution in [3.63, 3.8) is 0 Å². The molecule has 5 aromatic heterocycles. The molecule has 8 heteroatoms. The minimum absolute atomic E-state index is 0.160. The van der Waals surface area contributed by atoms with Gasteiger partial charge in [-0.15, -0.1) is 22.7 Å². The van der Waals surface area contributed by atoms with E-state index < -0.39 is 83.2 Å². The minimum atomic E-state index is -0.673. The van der Waals surface area contributed by atoms with Crippen molar-refractivity contribution in [1.82, 2.24) is 24.1 Å². The highest BCUT2D eigenvalue weighted by Crippen LogP contribution is 2.52. The predicted octanol–water partition coefficient (Wildman–Crippen LogP) is 20.7. The van der Waals surface area contributed by atoms with Crippen molar-refractivity contribution in [3.05, 3.63) is 272 Å². The number of fused-ring (bicyclic) bond motifs is 14. The number of benzene rings is 12. The molecule has 17 rings (SSSR count). The van der Waals surface area contributed by atoms with E-state index in [2.05, 4.69) is 137 Å². The number of rotatable bonds is 8. The molecule has 0 saturated heterocycles. The van der Waals surface area contributed by atoms with E-state index in [1.54, 1.807) is 28.7 Å². The van der Waals surface area contributed by atoms with E-state index in [4.69, 9.17) is 23.2 Å². The van der Waals surface area contributed by atoms with Crippen molar-refractivity contribution in [3.8, 4) is 85.0 Å². The number of thiophene rings is 2. The fraction of sp³-hybridized carbons (Fsp3) is 0. The Hall–Kier alpha value is -10.8. The Bertz CT molecular complexity index is 6050. The van der Waals surface area contributed by atoms with Crippen LogP contribution in [0.15, 0.2) is 267 Å². The zero-order valence-electron chi connectivity index (χ0n) is 54.1. The van der Waals surface area contributed by atoms with Gasteiger partial charge in [0.15, 0.2) is 17.5 Å². The summed E-state index contributed by atoms with van der Waals surface area (Å²) in [5.41, 5.74) is 8.84. The third-order valence-corrected chi connectivity index (χ3v) is 18.4. The Balaban J connectivity index is 1.11. The van der Waals surface area contributed by atoms with Crippen LogP contribution < -0.4 is 0 Å². The maximum Gasteiger partial charge on any atom is 0.166 e. The monoisotopic (exact) mass is 1110 g/mol. The van der Waals surface area contributed by atoms with Gasteiger partial charge in [-0.2, -0.15) is 5.26 Å². The molecule has 0 aliphatic rings. The maximum absolute atomic E-state index is 12.3. The van der Waals surface area contributed by atoms with E-state index in [-0.39, 0.29) is 17.0 Å². The molecule has 0 spiro atoms. The van der Waals surface area contributed by atoms with E-state index in [1.807, 2.05) is 78.9 Å². The molecule has 0 fully saturated rings. The van der Waals surface area contributed by atoms with E-state index in [0.717, 1.165) is 106 Å². The molecule has 0 unspecified atom stereocenters. The number of nitriles is 1. The minimum Gasteiger partial charge on any atom is -0.308 e. The molecule has 84 heavy (non-hydrogen) atoms. The third-order valence-electron chi connectivity index (χ3n) is 16.0. The molecule has 6 nitrogen and oxygen atoms in total. The molecular weight excluding hydrogens is 1060 g/mol. The Morgan fingerprint density at radius 1 is 0.357 bits per heavy atom. The topological polar surface area (TPSA) is 72.3 Å². The van der Waals surface area contributed by atoms with Crippen LogP contribution >= 0.6 is 22.7 Å². The van der Waals surface area contributed by atoms with Crippen LogP contribution in [0.5, 0.6) is 0 Å². The quantitative estimate of drug-likeness (QED) is 0.152. The van der Waals surface area contributed by atoms with Crippen molar-refractivity contribution in [2.75, 3.05) is 0 Å². The van der Waals surface area contributed by atoms with E-state index in [9.17, 15) is 10.7 Å². The first kappa shape index (κ1) is 38.8. The van der Waals surface area contributed by atoms with E-state index in [0.29, 0.717) is 22.5 Å². The second kappa shape index (κ2) is 19.2. The Morgan fingerprint density at radius 3 is 1.27 bits per heavy atom. The number of aromatic nitrogens is 5. The lowest BCUT2D eigenvalue weighted by atomic mass is 9.93. The Kier molecular flexibility index (Phi) is 8.84. The van der Waals surface area contributed by atoms with Crippen LogP contribution in [0.3, 0.4) is 0 Å². The van der Waals surface area contributed by atoms with E-state index in [1.165, 1.54) is 0 Å². The number of hydrogen-bond acceptors (Lipinski definition) is 6. The summed E-state index contributed by atoms with van der Waals surface area (Å²) in [5.74, 6) is -1.08. The molecule has 0 radical (unpaired) electrons. The van der Waals surface area contributed by atoms with Crippen LogP contribution in [-0.4, -0.2) is 24.1 Å². The molecule has 390 valence electrons. The normalized spacial score (nSPS) is 13.5. The van der Waals surface area contributed by atoms with Crippen LogP contribution in [0, 0.1) is 11.3 Å². The highest BCUT2D eigenvalue weighted by atomic mass is 32.1. The summed E-state index contributed by atoms with van der Waals surface area (Å²) in [7, 11) is 0. The molecule has 12 aromatic carbocycles. The lowest BCUT2D eigenvalue weighted by Crippen LogP contribution is -2.10. The third kappa shape index (κ3) is 7.43. The summed E-state index contributed by atoms with van der Waals surface area (Å²) < 4.78 is 98.8. The van der Waals surface area contributed by atoms with Crippen molar-refractivity contribution in [1.29, 1.82) is 5.26 Å². The SMILES string of the molecule is [2H]c1c([2H])c([2H])c(-c2nc(-c3cc(C#N)c(-n4c5ccc(-c6ccccc6)cc5c5c6sc7ccccc7c6ccc54)c(-c4ccccc4)c3-n3c4ccc(-c5ccccc5)cc4c4c5sc6ccccc6c5ccc43)nc(-c3c([2H])c([2H])c([2H])c([2H])c3[2H])n2)c([2H])c1[2H]. The summed E-state index contributed by atoms with van der Waals surface area (Å²) in [6.07, 6.45) is 0. The highest BCUT2D eigenvalue weighted by molar-refractivity contribution is 7.27. The Morgan fingerprint density at radius 2 is 0.786 bits per heavy atom. The van der Waals surface area contributed by atoms with E-state index >= 15 is 0 Å². The summed E-state index contributed by atoms with van der Waals surface area (Å²) in [6.45, 7) is 0. The first-order valence-electron chi connectivity index (χ1n) is 32.2. The standard InChI is InChI=1S/C76H44N6S2/c77-45-53-44-60(76-79-74(49-26-12-4-13-27-49)78-75(80-76)50-28-14-5-15-29-50)71(82-62-39-35-52(47-22-8-2-9-23-47)43-59(62)69-64(82)41-37-57-55-31-17-19-33-66(55)84-73(57)69)67(48-24-10-3-11-25-48)70(53)81-61-38-34-51(46-20-6-1-7-21-46)42-58(61)68-63(81)40-36-56-54-30-16-18-32-65(54)83-72(56)68/h1-44H/i4D,5D,12D,13D,14D,15D,26D,27D,28D,29D. The van der Waals surface area contributed by atoms with Gasteiger partial charge < -0.3 is 9.13 Å². The lowest BCUT2D eigenvalue weighted by Gasteiger charge is -2.24. The highest BCUT2D eigenvalue weighted by Gasteiger charge is 2.31. The van der Waals surface area contributed by atoms with Crippen molar-refractivity contribution < 1.29 is 13.7 Å². The van der Waals surface area contributed by atoms with Gasteiger partial charge in [0.1, 0.15) is 6.07 Å². The zero-order chi connectivity index (χ0) is 64.1. The van der Waals surface area contributed by atoms with Gasteiger partial charge in [0.05, 0.1) is 52.7 Å². The average molecular weight is 1120 g/mol. The Labute approximate surface area is 504 Å². The van der Waals surface area contributed by atoms with Gasteiger partial charge in [0.2, 0.25) is 0 Å². The summed E-state index contributed by atoms with van der Waals surface area (Å²) in [5, 5.41) is 20.4. The summed E-state index contributed by atoms with van der Waals surface area (Å²) in [6, 6.07) is 66.1. The van der Waals surface area contributed by atoms with Crippen LogP contribution in [0.1, 0.15) is 19.3 Å². The molecular formula is C76H44N6S2. The molecule has 0 atom stereocenters. The first-order valence-corrected chi connectivity index (χ1v) is 28.9. The van der Waals surface area contributed by atoms with Gasteiger partial charge in [-0.05, 0) is 82.4 Å². The molecule has 0 aliphatic carbocycles. The molecule has 0 saturated carbocycles. The first-order chi connectivity index (χ1) is 45.8. The second-order valence-corrected chi connectivity index (χ2v) is 22.7. The predicted molar refractivity (Wildman–Crippen MR) is 352 cm³/mol. The molecule has 0 bridgehead atoms. The molecule has 0 amide bonds. The van der Waals surface area contributed by atoms with Gasteiger partial charge in [-0.1, -0.05) is 212 Å². The van der Waals surface area contributed by atoms with Gasteiger partial charge in [0, 0.05) is 84.1 Å². The van der Waals surface area contributed by atoms with Gasteiger partial charge in [-0.25, -0.2) is 15.0 Å². The van der Waals surface area contributed by atoms with Gasteiger partial charge in [0.25, 0.3) is 0 Å². The van der Waals surface area contributed by atoms with Crippen molar-refractivity contribution in [2.24, 2.45) is 0 Å². The number of nitrogens with zero attached hydrogens (tertiary/aromatic N) is 6. The van der Waals surface area contributed by atoms with Crippen molar-refractivity contribution in [2.45, 2.75) is 0 Å². The lowest BCUT2D eigenvalue weighted by molar-refractivity contribution is 1.06. The summed E-state index contributed by atoms with van der Waals surface area (Å²) >= 11 is 3.40. The summed E-state index contributed by atoms with van der Waals surface area (Å²) in [4.78, 5) is 15.0. The van der Waals surface area contributed by atoms with Crippen LogP contribution in [0.25, 0.3) is 163 Å². The fourth-order valence-corrected chi connectivity index (χ4v) is 14.9. The molecule has 0 N–H and O–H groups in total.